The molecular weight excluding hydrogens is 226 g/mol. The zero-order valence-electron chi connectivity index (χ0n) is 8.92. The number of benzene rings is 1. The van der Waals surface area contributed by atoms with Crippen molar-refractivity contribution in [1.29, 1.82) is 0 Å². The minimum atomic E-state index is -0.423. The number of nitro benzene ring substituents is 1. The molecule has 0 saturated carbocycles. The summed E-state index contributed by atoms with van der Waals surface area (Å²) in [5.74, 6) is 1.22. The highest BCUT2D eigenvalue weighted by molar-refractivity contribution is 7.80. The number of hydrogen-bond donors (Lipinski definition) is 1. The van der Waals surface area contributed by atoms with E-state index in [-0.39, 0.29) is 5.69 Å². The fraction of sp³-hybridized carbons (Fsp3) is 0.273. The van der Waals surface area contributed by atoms with Crippen LogP contribution < -0.4 is 4.74 Å². The normalized spacial score (nSPS) is 10.6. The number of nitro groups is 1. The second-order valence-electron chi connectivity index (χ2n) is 3.00. The first-order valence-electron chi connectivity index (χ1n) is 4.87. The van der Waals surface area contributed by atoms with Gasteiger partial charge >= 0.3 is 0 Å². The first-order valence-corrected chi connectivity index (χ1v) is 5.51. The van der Waals surface area contributed by atoms with Crippen molar-refractivity contribution < 1.29 is 9.66 Å². The molecule has 0 amide bonds. The topological polar surface area (TPSA) is 52.4 Å². The molecule has 4 nitrogen and oxygen atoms in total. The van der Waals surface area contributed by atoms with Crippen LogP contribution in [0.25, 0.3) is 6.08 Å². The summed E-state index contributed by atoms with van der Waals surface area (Å²) >= 11 is 4.04. The molecule has 0 radical (unpaired) electrons. The number of non-ortho nitro benzene ring substituents is 1. The fourth-order valence-electron chi connectivity index (χ4n) is 1.25. The molecule has 0 saturated heterocycles. The number of ether oxygens (including phenoxy) is 1. The summed E-state index contributed by atoms with van der Waals surface area (Å²) < 4.78 is 5.37. The molecule has 5 heteroatoms. The lowest BCUT2D eigenvalue weighted by Gasteiger charge is -2.06. The van der Waals surface area contributed by atoms with Gasteiger partial charge in [-0.05, 0) is 13.0 Å². The van der Waals surface area contributed by atoms with Crippen molar-refractivity contribution in [2.24, 2.45) is 0 Å². The van der Waals surface area contributed by atoms with Crippen molar-refractivity contribution in [1.82, 2.24) is 0 Å². The molecule has 0 aromatic heterocycles. The smallest absolute Gasteiger partial charge is 0.270 e. The number of thiol groups is 1. The molecule has 0 bridgehead atoms. The van der Waals surface area contributed by atoms with E-state index in [9.17, 15) is 10.1 Å². The van der Waals surface area contributed by atoms with Gasteiger partial charge in [-0.3, -0.25) is 10.1 Å². The molecule has 0 unspecified atom stereocenters. The zero-order valence-corrected chi connectivity index (χ0v) is 9.81. The predicted molar refractivity (Wildman–Crippen MR) is 67.2 cm³/mol. The molecule has 0 aliphatic rings. The Balaban J connectivity index is 3.10. The molecule has 1 rings (SSSR count). The summed E-state index contributed by atoms with van der Waals surface area (Å²) in [4.78, 5) is 10.2. The molecule has 16 heavy (non-hydrogen) atoms. The summed E-state index contributed by atoms with van der Waals surface area (Å²) in [5.41, 5.74) is 0.757. The van der Waals surface area contributed by atoms with Gasteiger partial charge in [-0.1, -0.05) is 12.2 Å². The van der Waals surface area contributed by atoms with Gasteiger partial charge in [0.25, 0.3) is 5.69 Å². The van der Waals surface area contributed by atoms with Gasteiger partial charge in [-0.15, -0.1) is 0 Å². The third kappa shape index (κ3) is 3.27. The molecule has 1 aromatic rings. The summed E-state index contributed by atoms with van der Waals surface area (Å²) in [6.07, 6.45) is 3.58. The van der Waals surface area contributed by atoms with Crippen LogP contribution in [-0.2, 0) is 0 Å². The average Bonchev–Trinajstić information content (AvgIpc) is 2.27. The van der Waals surface area contributed by atoms with E-state index in [4.69, 9.17) is 4.74 Å². The van der Waals surface area contributed by atoms with Crippen LogP contribution in [0, 0.1) is 10.1 Å². The first kappa shape index (κ1) is 12.6. The van der Waals surface area contributed by atoms with Gasteiger partial charge in [-0.2, -0.15) is 12.6 Å². The van der Waals surface area contributed by atoms with Crippen LogP contribution >= 0.6 is 12.6 Å². The lowest BCUT2D eigenvalue weighted by molar-refractivity contribution is -0.384. The van der Waals surface area contributed by atoms with Crippen LogP contribution in [0.15, 0.2) is 24.3 Å². The quantitative estimate of drug-likeness (QED) is 0.488. The van der Waals surface area contributed by atoms with E-state index in [0.717, 1.165) is 0 Å². The van der Waals surface area contributed by atoms with Crippen LogP contribution in [-0.4, -0.2) is 17.3 Å². The molecular formula is C11H13NO3S. The van der Waals surface area contributed by atoms with Crippen LogP contribution in [0.3, 0.4) is 0 Å². The van der Waals surface area contributed by atoms with Crippen molar-refractivity contribution in [3.05, 3.63) is 40.0 Å². The minimum Gasteiger partial charge on any atom is -0.493 e. The maximum absolute atomic E-state index is 10.6. The third-order valence-corrected chi connectivity index (χ3v) is 2.12. The van der Waals surface area contributed by atoms with E-state index >= 15 is 0 Å². The zero-order chi connectivity index (χ0) is 12.0. The molecule has 1 aromatic carbocycles. The SMILES string of the molecule is CCOc1ccc([N+](=O)[O-])cc1C=CCS. The van der Waals surface area contributed by atoms with Crippen molar-refractivity contribution in [2.45, 2.75) is 6.92 Å². The summed E-state index contributed by atoms with van der Waals surface area (Å²) in [6, 6.07) is 4.54. The summed E-state index contributed by atoms with van der Waals surface area (Å²) in [5, 5.41) is 10.6. The van der Waals surface area contributed by atoms with E-state index in [1.165, 1.54) is 12.1 Å². The second-order valence-corrected chi connectivity index (χ2v) is 3.36. The molecule has 0 N–H and O–H groups in total. The Morgan fingerprint density at radius 2 is 2.31 bits per heavy atom. The van der Waals surface area contributed by atoms with Crippen molar-refractivity contribution in [3.63, 3.8) is 0 Å². The highest BCUT2D eigenvalue weighted by atomic mass is 32.1. The Kier molecular flexibility index (Phi) is 4.85. The van der Waals surface area contributed by atoms with E-state index in [1.807, 2.05) is 13.0 Å². The van der Waals surface area contributed by atoms with Gasteiger partial charge in [0.2, 0.25) is 0 Å². The lowest BCUT2D eigenvalue weighted by Crippen LogP contribution is -1.95. The van der Waals surface area contributed by atoms with Gasteiger partial charge < -0.3 is 4.74 Å². The first-order chi connectivity index (χ1) is 7.69. The van der Waals surface area contributed by atoms with Crippen LogP contribution in [0.4, 0.5) is 5.69 Å². The van der Waals surface area contributed by atoms with Crippen LogP contribution in [0.5, 0.6) is 5.75 Å². The predicted octanol–water partition coefficient (Wildman–Crippen LogP) is 2.94. The van der Waals surface area contributed by atoms with Crippen LogP contribution in [0.1, 0.15) is 12.5 Å². The largest absolute Gasteiger partial charge is 0.493 e. The van der Waals surface area contributed by atoms with Crippen molar-refractivity contribution in [3.8, 4) is 5.75 Å². The molecule has 0 aliphatic heterocycles. The Hall–Kier alpha value is -1.49. The standard InChI is InChI=1S/C11H13NO3S/c1-2-15-11-6-5-10(12(13)14)8-9(11)4-3-7-16/h3-6,8,16H,2,7H2,1H3. The maximum atomic E-state index is 10.6. The molecule has 0 spiro atoms. The molecule has 0 heterocycles. The van der Waals surface area contributed by atoms with Gasteiger partial charge in [-0.25, -0.2) is 0 Å². The van der Waals surface area contributed by atoms with Gasteiger partial charge in [0.1, 0.15) is 5.75 Å². The Morgan fingerprint density at radius 3 is 2.88 bits per heavy atom. The van der Waals surface area contributed by atoms with Gasteiger partial charge in [0.15, 0.2) is 0 Å². The van der Waals surface area contributed by atoms with Crippen molar-refractivity contribution in [2.75, 3.05) is 12.4 Å². The number of hydrogen-bond acceptors (Lipinski definition) is 4. The van der Waals surface area contributed by atoms with Crippen LogP contribution in [0.2, 0.25) is 0 Å². The summed E-state index contributed by atoms with van der Waals surface area (Å²) in [7, 11) is 0. The Morgan fingerprint density at radius 1 is 1.56 bits per heavy atom. The number of nitrogens with zero attached hydrogens (tertiary/aromatic N) is 1. The fourth-order valence-corrected chi connectivity index (χ4v) is 1.35. The number of rotatable bonds is 5. The molecule has 86 valence electrons. The van der Waals surface area contributed by atoms with E-state index in [2.05, 4.69) is 12.6 Å². The van der Waals surface area contributed by atoms with Crippen molar-refractivity contribution >= 4 is 24.4 Å². The second kappa shape index (κ2) is 6.17. The third-order valence-electron chi connectivity index (χ3n) is 1.91. The van der Waals surface area contributed by atoms with Gasteiger partial charge in [0, 0.05) is 23.4 Å². The lowest BCUT2D eigenvalue weighted by atomic mass is 10.1. The highest BCUT2D eigenvalue weighted by Gasteiger charge is 2.09. The molecule has 0 fully saturated rings. The Labute approximate surface area is 99.5 Å². The molecule has 0 atom stereocenters. The highest BCUT2D eigenvalue weighted by Crippen LogP contribution is 2.25. The van der Waals surface area contributed by atoms with E-state index < -0.39 is 4.92 Å². The summed E-state index contributed by atoms with van der Waals surface area (Å²) in [6.45, 7) is 2.40. The Bertz CT molecular complexity index is 404. The monoisotopic (exact) mass is 239 g/mol. The minimum absolute atomic E-state index is 0.0577. The average molecular weight is 239 g/mol. The van der Waals surface area contributed by atoms with E-state index in [0.29, 0.717) is 23.7 Å². The van der Waals surface area contributed by atoms with Gasteiger partial charge in [0.05, 0.1) is 11.5 Å². The molecule has 0 aliphatic carbocycles. The maximum Gasteiger partial charge on any atom is 0.270 e. The van der Waals surface area contributed by atoms with E-state index in [1.54, 1.807) is 12.1 Å².